The van der Waals surface area contributed by atoms with Crippen molar-refractivity contribution in [2.24, 2.45) is 5.73 Å². The van der Waals surface area contributed by atoms with Gasteiger partial charge in [-0.15, -0.1) is 0 Å². The summed E-state index contributed by atoms with van der Waals surface area (Å²) in [5, 5.41) is 2.89. The van der Waals surface area contributed by atoms with Gasteiger partial charge in [-0.25, -0.2) is 0 Å². The number of hydrogen-bond donors (Lipinski definition) is 2. The van der Waals surface area contributed by atoms with E-state index in [-0.39, 0.29) is 11.9 Å². The van der Waals surface area contributed by atoms with Crippen LogP contribution in [0, 0.1) is 0 Å². The van der Waals surface area contributed by atoms with Crippen molar-refractivity contribution < 1.29 is 4.79 Å². The number of nitrogens with zero attached hydrogens (tertiary/aromatic N) is 1. The van der Waals surface area contributed by atoms with Crippen LogP contribution in [0.25, 0.3) is 0 Å². The van der Waals surface area contributed by atoms with Crippen LogP contribution in [0.2, 0.25) is 0 Å². The molecule has 1 heterocycles. The second kappa shape index (κ2) is 5.07. The zero-order valence-corrected chi connectivity index (χ0v) is 10.0. The Hall–Kier alpha value is -1.42. The first-order chi connectivity index (χ1) is 7.38. The van der Waals surface area contributed by atoms with Gasteiger partial charge >= 0.3 is 0 Å². The fourth-order valence-electron chi connectivity index (χ4n) is 1.42. The molecule has 1 atom stereocenters. The number of amides is 1. The van der Waals surface area contributed by atoms with Crippen molar-refractivity contribution in [3.05, 3.63) is 30.1 Å². The highest BCUT2D eigenvalue weighted by Gasteiger charge is 2.18. The molecular weight excluding hydrogens is 202 g/mol. The van der Waals surface area contributed by atoms with Gasteiger partial charge in [-0.3, -0.25) is 9.78 Å². The standard InChI is InChI=1S/C12H19N3O/c1-9(10-5-4-6-14-8-10)15-11(16)7-12(2,3)13/h4-6,8-9H,7,13H2,1-3H3,(H,15,16). The predicted octanol–water partition coefficient (Wildman–Crippen LogP) is 1.39. The lowest BCUT2D eigenvalue weighted by molar-refractivity contribution is -0.122. The normalized spacial score (nSPS) is 13.2. The molecule has 1 rings (SSSR count). The van der Waals surface area contributed by atoms with E-state index in [0.29, 0.717) is 6.42 Å². The van der Waals surface area contributed by atoms with Gasteiger partial charge in [-0.1, -0.05) is 6.07 Å². The second-order valence-corrected chi connectivity index (χ2v) is 4.74. The van der Waals surface area contributed by atoms with Crippen LogP contribution in [0.3, 0.4) is 0 Å². The quantitative estimate of drug-likeness (QED) is 0.807. The second-order valence-electron chi connectivity index (χ2n) is 4.74. The van der Waals surface area contributed by atoms with Crippen molar-refractivity contribution in [2.75, 3.05) is 0 Å². The molecule has 4 nitrogen and oxygen atoms in total. The van der Waals surface area contributed by atoms with Gasteiger partial charge in [-0.05, 0) is 32.4 Å². The molecule has 0 saturated heterocycles. The van der Waals surface area contributed by atoms with Gasteiger partial charge in [0.1, 0.15) is 0 Å². The van der Waals surface area contributed by atoms with E-state index < -0.39 is 5.54 Å². The third-order valence-corrected chi connectivity index (χ3v) is 2.18. The fourth-order valence-corrected chi connectivity index (χ4v) is 1.42. The van der Waals surface area contributed by atoms with Crippen LogP contribution in [-0.4, -0.2) is 16.4 Å². The number of hydrogen-bond acceptors (Lipinski definition) is 3. The van der Waals surface area contributed by atoms with E-state index >= 15 is 0 Å². The molecule has 0 aliphatic carbocycles. The largest absolute Gasteiger partial charge is 0.349 e. The van der Waals surface area contributed by atoms with Gasteiger partial charge in [-0.2, -0.15) is 0 Å². The molecule has 4 heteroatoms. The third-order valence-electron chi connectivity index (χ3n) is 2.18. The number of nitrogens with one attached hydrogen (secondary N) is 1. The number of pyridine rings is 1. The Labute approximate surface area is 96.3 Å². The van der Waals surface area contributed by atoms with E-state index in [2.05, 4.69) is 10.3 Å². The van der Waals surface area contributed by atoms with E-state index in [9.17, 15) is 4.79 Å². The predicted molar refractivity (Wildman–Crippen MR) is 63.7 cm³/mol. The maximum Gasteiger partial charge on any atom is 0.222 e. The summed E-state index contributed by atoms with van der Waals surface area (Å²) in [6.07, 6.45) is 3.77. The summed E-state index contributed by atoms with van der Waals surface area (Å²) in [5.41, 5.74) is 6.30. The Bertz CT molecular complexity index is 343. The Morgan fingerprint density at radius 1 is 1.62 bits per heavy atom. The molecule has 1 amide bonds. The number of carbonyl (C=O) groups is 1. The first-order valence-electron chi connectivity index (χ1n) is 5.37. The lowest BCUT2D eigenvalue weighted by Gasteiger charge is -2.20. The van der Waals surface area contributed by atoms with Crippen molar-refractivity contribution in [1.29, 1.82) is 0 Å². The molecule has 0 fully saturated rings. The topological polar surface area (TPSA) is 68.0 Å². The zero-order valence-electron chi connectivity index (χ0n) is 10.0. The summed E-state index contributed by atoms with van der Waals surface area (Å²) < 4.78 is 0. The first kappa shape index (κ1) is 12.6. The number of nitrogens with two attached hydrogens (primary N) is 1. The molecule has 16 heavy (non-hydrogen) atoms. The Kier molecular flexibility index (Phi) is 4.01. The third kappa shape index (κ3) is 4.40. The van der Waals surface area contributed by atoms with Gasteiger partial charge in [0.25, 0.3) is 0 Å². The van der Waals surface area contributed by atoms with Crippen LogP contribution >= 0.6 is 0 Å². The average molecular weight is 221 g/mol. The minimum atomic E-state index is -0.473. The summed E-state index contributed by atoms with van der Waals surface area (Å²) in [7, 11) is 0. The highest BCUT2D eigenvalue weighted by atomic mass is 16.1. The molecular formula is C12H19N3O. The van der Waals surface area contributed by atoms with Gasteiger partial charge in [0, 0.05) is 24.4 Å². The molecule has 1 unspecified atom stereocenters. The van der Waals surface area contributed by atoms with Crippen molar-refractivity contribution >= 4 is 5.91 Å². The van der Waals surface area contributed by atoms with E-state index in [0.717, 1.165) is 5.56 Å². The molecule has 0 aliphatic rings. The Morgan fingerprint density at radius 3 is 2.81 bits per heavy atom. The molecule has 0 spiro atoms. The summed E-state index contributed by atoms with van der Waals surface area (Å²) in [4.78, 5) is 15.6. The minimum absolute atomic E-state index is 0.0381. The van der Waals surface area contributed by atoms with E-state index in [4.69, 9.17) is 5.73 Å². The van der Waals surface area contributed by atoms with Crippen LogP contribution < -0.4 is 11.1 Å². The number of carbonyl (C=O) groups excluding carboxylic acids is 1. The van der Waals surface area contributed by atoms with Gasteiger partial charge < -0.3 is 11.1 Å². The summed E-state index contributed by atoms with van der Waals surface area (Å²) in [5.74, 6) is -0.0381. The van der Waals surface area contributed by atoms with Crippen LogP contribution in [0.1, 0.15) is 38.8 Å². The fraction of sp³-hybridized carbons (Fsp3) is 0.500. The molecule has 0 saturated carbocycles. The zero-order chi connectivity index (χ0) is 12.2. The highest BCUT2D eigenvalue weighted by Crippen LogP contribution is 2.11. The molecule has 0 radical (unpaired) electrons. The molecule has 0 aliphatic heterocycles. The van der Waals surface area contributed by atoms with Crippen LogP contribution in [0.15, 0.2) is 24.5 Å². The Balaban J connectivity index is 2.52. The maximum atomic E-state index is 11.6. The van der Waals surface area contributed by atoms with E-state index in [1.54, 1.807) is 12.4 Å². The monoisotopic (exact) mass is 221 g/mol. The van der Waals surface area contributed by atoms with Crippen LogP contribution in [0.5, 0.6) is 0 Å². The number of rotatable bonds is 4. The lowest BCUT2D eigenvalue weighted by Crippen LogP contribution is -2.39. The smallest absolute Gasteiger partial charge is 0.222 e. The summed E-state index contributed by atoms with van der Waals surface area (Å²) >= 11 is 0. The van der Waals surface area contributed by atoms with Crippen molar-refractivity contribution in [1.82, 2.24) is 10.3 Å². The average Bonchev–Trinajstić information content (AvgIpc) is 2.16. The first-order valence-corrected chi connectivity index (χ1v) is 5.37. The van der Waals surface area contributed by atoms with Crippen LogP contribution in [-0.2, 0) is 4.79 Å². The molecule has 0 aromatic carbocycles. The molecule has 0 bridgehead atoms. The van der Waals surface area contributed by atoms with Gasteiger partial charge in [0.15, 0.2) is 0 Å². The Morgan fingerprint density at radius 2 is 2.31 bits per heavy atom. The van der Waals surface area contributed by atoms with Crippen LogP contribution in [0.4, 0.5) is 0 Å². The highest BCUT2D eigenvalue weighted by molar-refractivity contribution is 5.77. The van der Waals surface area contributed by atoms with Crippen molar-refractivity contribution in [2.45, 2.75) is 38.8 Å². The van der Waals surface area contributed by atoms with Crippen molar-refractivity contribution in [3.8, 4) is 0 Å². The summed E-state index contributed by atoms with van der Waals surface area (Å²) in [6.45, 7) is 5.60. The lowest BCUT2D eigenvalue weighted by atomic mass is 10.0. The van der Waals surface area contributed by atoms with Gasteiger partial charge in [0.05, 0.1) is 6.04 Å². The minimum Gasteiger partial charge on any atom is -0.349 e. The van der Waals surface area contributed by atoms with Gasteiger partial charge in [0.2, 0.25) is 5.91 Å². The SMILES string of the molecule is CC(NC(=O)CC(C)(C)N)c1cccnc1. The molecule has 88 valence electrons. The van der Waals surface area contributed by atoms with E-state index in [1.807, 2.05) is 32.9 Å². The maximum absolute atomic E-state index is 11.6. The van der Waals surface area contributed by atoms with E-state index in [1.165, 1.54) is 0 Å². The molecule has 1 aromatic heterocycles. The number of aromatic nitrogens is 1. The molecule has 3 N–H and O–H groups in total. The van der Waals surface area contributed by atoms with Crippen molar-refractivity contribution in [3.63, 3.8) is 0 Å². The summed E-state index contributed by atoms with van der Waals surface area (Å²) in [6, 6.07) is 3.75. The molecule has 1 aromatic rings.